The first-order chi connectivity index (χ1) is 10.1. The first kappa shape index (κ1) is 14.9. The van der Waals surface area contributed by atoms with Crippen molar-refractivity contribution in [3.63, 3.8) is 0 Å². The second-order valence-corrected chi connectivity index (χ2v) is 4.71. The van der Waals surface area contributed by atoms with Crippen molar-refractivity contribution in [3.05, 3.63) is 30.1 Å². The van der Waals surface area contributed by atoms with Crippen molar-refractivity contribution in [2.75, 3.05) is 12.0 Å². The highest BCUT2D eigenvalue weighted by Crippen LogP contribution is 2.15. The van der Waals surface area contributed by atoms with Crippen LogP contribution < -0.4 is 16.6 Å². The molecule has 2 aromatic heterocycles. The molecule has 0 bridgehead atoms. The van der Waals surface area contributed by atoms with Crippen LogP contribution in [0.5, 0.6) is 0 Å². The molecule has 9 heteroatoms. The normalized spacial score (nSPS) is 10.7. The van der Waals surface area contributed by atoms with E-state index in [1.54, 1.807) is 17.1 Å². The highest BCUT2D eigenvalue weighted by atomic mass is 16.1. The van der Waals surface area contributed by atoms with Crippen molar-refractivity contribution < 1.29 is 4.79 Å². The summed E-state index contributed by atoms with van der Waals surface area (Å²) >= 11 is 0. The number of hydrogen-bond acceptors (Lipinski definition) is 7. The van der Waals surface area contributed by atoms with Gasteiger partial charge in [-0.1, -0.05) is 19.1 Å². The summed E-state index contributed by atoms with van der Waals surface area (Å²) < 4.78 is 1.63. The predicted molar refractivity (Wildman–Crippen MR) is 76.3 cm³/mol. The summed E-state index contributed by atoms with van der Waals surface area (Å²) in [7, 11) is 0. The zero-order chi connectivity index (χ0) is 15.2. The van der Waals surface area contributed by atoms with Gasteiger partial charge in [0.2, 0.25) is 0 Å². The number of carbonyl (C=O) groups excluding carboxylic acids is 1. The highest BCUT2D eigenvalue weighted by Gasteiger charge is 2.15. The van der Waals surface area contributed by atoms with Crippen LogP contribution in [0.2, 0.25) is 0 Å². The van der Waals surface area contributed by atoms with Crippen molar-refractivity contribution in [2.24, 2.45) is 5.84 Å². The lowest BCUT2D eigenvalue weighted by molar-refractivity contribution is 0.0947. The molecular formula is C12H18N8O. The van der Waals surface area contributed by atoms with Crippen molar-refractivity contribution in [1.82, 2.24) is 30.3 Å². The number of nitrogens with zero attached hydrogens (tertiary/aromatic N) is 5. The van der Waals surface area contributed by atoms with Crippen molar-refractivity contribution in [3.8, 4) is 0 Å². The predicted octanol–water partition coefficient (Wildman–Crippen LogP) is -0.0929. The Labute approximate surface area is 121 Å². The van der Waals surface area contributed by atoms with Crippen LogP contribution in [0.4, 0.5) is 5.69 Å². The quantitative estimate of drug-likeness (QED) is 0.501. The minimum absolute atomic E-state index is 0.124. The van der Waals surface area contributed by atoms with E-state index in [2.05, 4.69) is 31.0 Å². The Bertz CT molecular complexity index is 595. The number of nitrogen functional groups attached to an aromatic ring is 1. The zero-order valence-electron chi connectivity index (χ0n) is 11.9. The number of aromatic nitrogens is 5. The van der Waals surface area contributed by atoms with Gasteiger partial charge in [-0.15, -0.1) is 5.10 Å². The van der Waals surface area contributed by atoms with E-state index in [1.165, 1.54) is 6.20 Å². The van der Waals surface area contributed by atoms with E-state index in [0.717, 1.165) is 0 Å². The number of carbonyl (C=O) groups is 1. The third-order valence-electron chi connectivity index (χ3n) is 2.79. The average molecular weight is 290 g/mol. The van der Waals surface area contributed by atoms with Crippen LogP contribution in [0, 0.1) is 0 Å². The fourth-order valence-corrected chi connectivity index (χ4v) is 1.67. The summed E-state index contributed by atoms with van der Waals surface area (Å²) in [5, 5.41) is 10.3. The molecule has 0 fully saturated rings. The topological polar surface area (TPSA) is 124 Å². The Hall–Kier alpha value is -2.55. The van der Waals surface area contributed by atoms with Crippen molar-refractivity contribution in [1.29, 1.82) is 0 Å². The Morgan fingerprint density at radius 2 is 2.29 bits per heavy atom. The van der Waals surface area contributed by atoms with E-state index in [1.807, 2.05) is 13.8 Å². The van der Waals surface area contributed by atoms with Crippen LogP contribution in [0.25, 0.3) is 0 Å². The largest absolute Gasteiger partial charge is 0.349 e. The summed E-state index contributed by atoms with van der Waals surface area (Å²) in [6.45, 7) is 4.85. The molecule has 2 heterocycles. The molecule has 0 spiro atoms. The monoisotopic (exact) mass is 290 g/mol. The SMILES string of the molecule is CC(C)c1ncc(NN)c(C(=O)NCCn2ccnn2)n1. The Morgan fingerprint density at radius 3 is 2.90 bits per heavy atom. The van der Waals surface area contributed by atoms with Gasteiger partial charge in [-0.25, -0.2) is 9.97 Å². The molecule has 9 nitrogen and oxygen atoms in total. The minimum Gasteiger partial charge on any atom is -0.349 e. The van der Waals surface area contributed by atoms with Crippen molar-refractivity contribution in [2.45, 2.75) is 26.3 Å². The Morgan fingerprint density at radius 1 is 1.48 bits per heavy atom. The first-order valence-electron chi connectivity index (χ1n) is 6.57. The van der Waals surface area contributed by atoms with Crippen LogP contribution in [0.15, 0.2) is 18.6 Å². The van der Waals surface area contributed by atoms with Gasteiger partial charge in [-0.2, -0.15) is 0 Å². The fraction of sp³-hybridized carbons (Fsp3) is 0.417. The number of nitrogens with one attached hydrogen (secondary N) is 2. The van der Waals surface area contributed by atoms with Gasteiger partial charge >= 0.3 is 0 Å². The molecule has 0 saturated heterocycles. The molecule has 0 aliphatic carbocycles. The standard InChI is InChI=1S/C12H18N8O/c1-8(2)11-15-7-9(18-13)10(17-11)12(21)14-3-5-20-6-4-16-19-20/h4,6-8,18H,3,5,13H2,1-2H3,(H,14,21). The van der Waals surface area contributed by atoms with E-state index in [4.69, 9.17) is 5.84 Å². The maximum absolute atomic E-state index is 12.2. The molecule has 112 valence electrons. The van der Waals surface area contributed by atoms with Crippen LogP contribution in [-0.4, -0.2) is 37.4 Å². The van der Waals surface area contributed by atoms with Crippen LogP contribution >= 0.6 is 0 Å². The van der Waals surface area contributed by atoms with Gasteiger partial charge in [0.05, 0.1) is 24.6 Å². The van der Waals surface area contributed by atoms with Gasteiger partial charge in [-0.3, -0.25) is 15.3 Å². The van der Waals surface area contributed by atoms with Crippen LogP contribution in [0.1, 0.15) is 36.1 Å². The number of nitrogens with two attached hydrogens (primary N) is 1. The third-order valence-corrected chi connectivity index (χ3v) is 2.79. The maximum atomic E-state index is 12.2. The molecule has 0 aliphatic heterocycles. The first-order valence-corrected chi connectivity index (χ1v) is 6.57. The fourth-order valence-electron chi connectivity index (χ4n) is 1.67. The van der Waals surface area contributed by atoms with E-state index in [0.29, 0.717) is 24.6 Å². The maximum Gasteiger partial charge on any atom is 0.272 e. The lowest BCUT2D eigenvalue weighted by Crippen LogP contribution is -2.30. The van der Waals surface area contributed by atoms with E-state index >= 15 is 0 Å². The van der Waals surface area contributed by atoms with Crippen LogP contribution in [0.3, 0.4) is 0 Å². The molecule has 0 aromatic carbocycles. The van der Waals surface area contributed by atoms with Gasteiger partial charge in [-0.05, 0) is 0 Å². The number of hydrogen-bond donors (Lipinski definition) is 3. The van der Waals surface area contributed by atoms with Gasteiger partial charge in [0.15, 0.2) is 5.69 Å². The summed E-state index contributed by atoms with van der Waals surface area (Å²) in [6, 6.07) is 0. The zero-order valence-corrected chi connectivity index (χ0v) is 11.9. The third kappa shape index (κ3) is 3.72. The van der Waals surface area contributed by atoms with E-state index < -0.39 is 0 Å². The van der Waals surface area contributed by atoms with E-state index in [9.17, 15) is 4.79 Å². The lowest BCUT2D eigenvalue weighted by atomic mass is 10.2. The number of anilines is 1. The molecule has 21 heavy (non-hydrogen) atoms. The molecule has 0 unspecified atom stereocenters. The van der Waals surface area contributed by atoms with Gasteiger partial charge in [0.1, 0.15) is 5.82 Å². The molecule has 4 N–H and O–H groups in total. The Balaban J connectivity index is 2.04. The molecule has 0 radical (unpaired) electrons. The van der Waals surface area contributed by atoms with Gasteiger partial charge in [0.25, 0.3) is 5.91 Å². The van der Waals surface area contributed by atoms with Crippen molar-refractivity contribution >= 4 is 11.6 Å². The lowest BCUT2D eigenvalue weighted by Gasteiger charge is -2.11. The van der Waals surface area contributed by atoms with E-state index in [-0.39, 0.29) is 17.5 Å². The smallest absolute Gasteiger partial charge is 0.272 e. The molecule has 2 aromatic rings. The molecule has 0 aliphatic rings. The second-order valence-electron chi connectivity index (χ2n) is 4.71. The highest BCUT2D eigenvalue weighted by molar-refractivity contribution is 5.97. The minimum atomic E-state index is -0.313. The molecule has 0 saturated carbocycles. The molecule has 1 amide bonds. The molecule has 0 atom stereocenters. The molecular weight excluding hydrogens is 272 g/mol. The summed E-state index contributed by atoms with van der Waals surface area (Å²) in [4.78, 5) is 20.6. The van der Waals surface area contributed by atoms with Gasteiger partial charge in [0, 0.05) is 18.7 Å². The summed E-state index contributed by atoms with van der Waals surface area (Å²) in [5.74, 6) is 5.79. The van der Waals surface area contributed by atoms with Gasteiger partial charge < -0.3 is 10.7 Å². The average Bonchev–Trinajstić information content (AvgIpc) is 2.99. The van der Waals surface area contributed by atoms with Crippen LogP contribution in [-0.2, 0) is 6.54 Å². The second kappa shape index (κ2) is 6.75. The number of hydrazine groups is 1. The number of amides is 1. The Kier molecular flexibility index (Phi) is 4.77. The summed E-state index contributed by atoms with van der Waals surface area (Å²) in [5.41, 5.74) is 3.05. The summed E-state index contributed by atoms with van der Waals surface area (Å²) in [6.07, 6.45) is 4.81. The number of rotatable bonds is 6. The molecule has 2 rings (SSSR count).